The number of benzene rings is 1. The van der Waals surface area contributed by atoms with Crippen molar-refractivity contribution in [3.05, 3.63) is 30.1 Å². The molecule has 3 N–H and O–H groups in total. The number of hydrogen-bond acceptors (Lipinski definition) is 3. The molecule has 1 fully saturated rings. The van der Waals surface area contributed by atoms with E-state index >= 15 is 0 Å². The summed E-state index contributed by atoms with van der Waals surface area (Å²) in [5.41, 5.74) is 0.414. The van der Waals surface area contributed by atoms with Gasteiger partial charge in [-0.15, -0.1) is 24.0 Å². The lowest BCUT2D eigenvalue weighted by Crippen LogP contribution is -2.48. The van der Waals surface area contributed by atoms with Gasteiger partial charge < -0.3 is 16.0 Å². The van der Waals surface area contributed by atoms with Gasteiger partial charge in [-0.3, -0.25) is 14.0 Å². The monoisotopic (exact) mass is 510 g/mol. The quantitative estimate of drug-likeness (QED) is 0.312. The van der Waals surface area contributed by atoms with E-state index < -0.39 is 16.6 Å². The number of nitrogens with zero attached hydrogens (tertiary/aromatic N) is 1. The highest BCUT2D eigenvalue weighted by Gasteiger charge is 2.26. The second kappa shape index (κ2) is 12.3. The van der Waals surface area contributed by atoms with Crippen molar-refractivity contribution < 1.29 is 13.4 Å². The van der Waals surface area contributed by atoms with Crippen molar-refractivity contribution in [2.45, 2.75) is 43.9 Å². The fourth-order valence-corrected chi connectivity index (χ4v) is 4.42. The predicted octanol–water partition coefficient (Wildman–Crippen LogP) is 2.63. The number of nitrogens with one attached hydrogen (secondary N) is 3. The van der Waals surface area contributed by atoms with E-state index in [1.54, 1.807) is 19.2 Å². The fourth-order valence-electron chi connectivity index (χ4n) is 3.07. The summed E-state index contributed by atoms with van der Waals surface area (Å²) in [6.07, 6.45) is 3.87. The molecule has 3 unspecified atom stereocenters. The van der Waals surface area contributed by atoms with Gasteiger partial charge in [0, 0.05) is 40.6 Å². The zero-order chi connectivity index (χ0) is 18.9. The molecule has 2 rings (SSSR count). The summed E-state index contributed by atoms with van der Waals surface area (Å²) in [6, 6.07) is 5.95. The average molecular weight is 510 g/mol. The van der Waals surface area contributed by atoms with Crippen LogP contribution in [0, 0.1) is 5.82 Å². The summed E-state index contributed by atoms with van der Waals surface area (Å²) in [4.78, 5) is 16.1. The maximum atomic E-state index is 13.1. The molecule has 0 aromatic heterocycles. The first-order valence-electron chi connectivity index (χ1n) is 8.91. The smallest absolute Gasteiger partial charge is 0.243 e. The number of amides is 1. The Morgan fingerprint density at radius 1 is 1.37 bits per heavy atom. The topological polar surface area (TPSA) is 82.6 Å². The van der Waals surface area contributed by atoms with E-state index in [0.717, 1.165) is 25.7 Å². The van der Waals surface area contributed by atoms with Crippen LogP contribution in [-0.4, -0.2) is 46.7 Å². The van der Waals surface area contributed by atoms with Crippen LogP contribution >= 0.6 is 24.0 Å². The highest BCUT2D eigenvalue weighted by atomic mass is 127. The summed E-state index contributed by atoms with van der Waals surface area (Å²) in [7, 11) is 0.862. The zero-order valence-electron chi connectivity index (χ0n) is 15.7. The van der Waals surface area contributed by atoms with Crippen molar-refractivity contribution in [2.24, 2.45) is 4.99 Å². The molecule has 1 saturated carbocycles. The van der Waals surface area contributed by atoms with Crippen LogP contribution in [0.1, 0.15) is 32.6 Å². The van der Waals surface area contributed by atoms with Crippen LogP contribution in [0.2, 0.25) is 0 Å². The molecule has 1 amide bonds. The van der Waals surface area contributed by atoms with Crippen molar-refractivity contribution in [1.29, 1.82) is 0 Å². The molecular weight excluding hydrogens is 482 g/mol. The maximum absolute atomic E-state index is 13.1. The van der Waals surface area contributed by atoms with E-state index in [1.165, 1.54) is 12.1 Å². The third-order valence-corrected chi connectivity index (χ3v) is 6.11. The molecule has 3 atom stereocenters. The molecule has 6 nitrogen and oxygen atoms in total. The van der Waals surface area contributed by atoms with Crippen LogP contribution in [0.15, 0.2) is 29.3 Å². The molecule has 0 aliphatic heterocycles. The highest BCUT2D eigenvalue weighted by Crippen LogP contribution is 2.22. The number of rotatable bonds is 6. The normalized spacial score (nSPS) is 20.9. The van der Waals surface area contributed by atoms with Crippen molar-refractivity contribution in [2.75, 3.05) is 24.7 Å². The molecule has 1 aromatic carbocycles. The first kappa shape index (κ1) is 23.8. The van der Waals surface area contributed by atoms with Gasteiger partial charge >= 0.3 is 0 Å². The van der Waals surface area contributed by atoms with Crippen molar-refractivity contribution in [3.63, 3.8) is 0 Å². The van der Waals surface area contributed by atoms with Crippen LogP contribution in [0.25, 0.3) is 0 Å². The minimum absolute atomic E-state index is 0. The van der Waals surface area contributed by atoms with Gasteiger partial charge in [-0.1, -0.05) is 19.4 Å². The highest BCUT2D eigenvalue weighted by molar-refractivity contribution is 14.0. The molecular formula is C18H28FIN4O2S. The Balaban J connectivity index is 0.00000364. The first-order chi connectivity index (χ1) is 12.5. The molecule has 152 valence electrons. The van der Waals surface area contributed by atoms with E-state index in [9.17, 15) is 13.4 Å². The first-order valence-corrected chi connectivity index (χ1v) is 10.3. The van der Waals surface area contributed by atoms with Crippen LogP contribution in [-0.2, 0) is 15.6 Å². The lowest BCUT2D eigenvalue weighted by molar-refractivity contribution is -0.115. The standard InChI is InChI=1S/C18H27FN4O2S.HI/c1-3-26(25)16-9-5-8-15(11-16)23-18(20-2)21-12-17(24)22-14-7-4-6-13(19)10-14;/h4,6-7,10,15-16H,3,5,8-9,11-12H2,1-2H3,(H,22,24)(H2,20,21,23);1H. The summed E-state index contributed by atoms with van der Waals surface area (Å²) < 4.78 is 25.2. The van der Waals surface area contributed by atoms with Crippen molar-refractivity contribution >= 4 is 52.3 Å². The number of carbonyl (C=O) groups is 1. The second-order valence-electron chi connectivity index (χ2n) is 6.28. The lowest BCUT2D eigenvalue weighted by atomic mass is 9.95. The average Bonchev–Trinajstić information content (AvgIpc) is 2.64. The van der Waals surface area contributed by atoms with Crippen LogP contribution < -0.4 is 16.0 Å². The van der Waals surface area contributed by atoms with Crippen LogP contribution in [0.3, 0.4) is 0 Å². The predicted molar refractivity (Wildman–Crippen MR) is 120 cm³/mol. The third-order valence-electron chi connectivity index (χ3n) is 4.37. The molecule has 0 heterocycles. The number of guanidine groups is 1. The molecule has 1 aliphatic rings. The maximum Gasteiger partial charge on any atom is 0.243 e. The SMILES string of the molecule is CCS(=O)C1CCCC(NC(=NC)NCC(=O)Nc2cccc(F)c2)C1.I. The lowest BCUT2D eigenvalue weighted by Gasteiger charge is -2.30. The summed E-state index contributed by atoms with van der Waals surface area (Å²) in [5.74, 6) is 0.536. The Kier molecular flexibility index (Phi) is 10.8. The van der Waals surface area contributed by atoms with E-state index in [2.05, 4.69) is 20.9 Å². The zero-order valence-corrected chi connectivity index (χ0v) is 18.8. The second-order valence-corrected chi connectivity index (χ2v) is 8.29. The van der Waals surface area contributed by atoms with Crippen LogP contribution in [0.5, 0.6) is 0 Å². The van der Waals surface area contributed by atoms with Crippen LogP contribution in [0.4, 0.5) is 10.1 Å². The largest absolute Gasteiger partial charge is 0.354 e. The Morgan fingerprint density at radius 3 is 2.81 bits per heavy atom. The van der Waals surface area contributed by atoms with Gasteiger partial charge in [0.15, 0.2) is 5.96 Å². The molecule has 0 spiro atoms. The number of aliphatic imine (C=N–C) groups is 1. The van der Waals surface area contributed by atoms with E-state index in [-0.39, 0.29) is 47.7 Å². The molecule has 0 saturated heterocycles. The minimum atomic E-state index is -0.782. The summed E-state index contributed by atoms with van der Waals surface area (Å²) >= 11 is 0. The van der Waals surface area contributed by atoms with Gasteiger partial charge in [-0.05, 0) is 37.5 Å². The molecule has 1 aromatic rings. The Hall–Kier alpha value is -1.23. The Labute approximate surface area is 179 Å². The molecule has 1 aliphatic carbocycles. The van der Waals surface area contributed by atoms with E-state index in [1.807, 2.05) is 6.92 Å². The number of anilines is 1. The molecule has 0 bridgehead atoms. The van der Waals surface area contributed by atoms with E-state index in [0.29, 0.717) is 17.4 Å². The van der Waals surface area contributed by atoms with Crippen molar-refractivity contribution in [1.82, 2.24) is 10.6 Å². The molecule has 9 heteroatoms. The molecule has 0 radical (unpaired) electrons. The third kappa shape index (κ3) is 8.12. The number of hydrogen-bond donors (Lipinski definition) is 3. The summed E-state index contributed by atoms with van der Waals surface area (Å²) in [6.45, 7) is 1.97. The van der Waals surface area contributed by atoms with Crippen molar-refractivity contribution in [3.8, 4) is 0 Å². The fraction of sp³-hybridized carbons (Fsp3) is 0.556. The minimum Gasteiger partial charge on any atom is -0.354 e. The van der Waals surface area contributed by atoms with Gasteiger partial charge in [0.05, 0.1) is 6.54 Å². The number of halogens is 2. The van der Waals surface area contributed by atoms with Gasteiger partial charge in [-0.25, -0.2) is 4.39 Å². The molecule has 27 heavy (non-hydrogen) atoms. The Bertz CT molecular complexity index is 675. The van der Waals surface area contributed by atoms with Gasteiger partial charge in [-0.2, -0.15) is 0 Å². The van der Waals surface area contributed by atoms with Gasteiger partial charge in [0.2, 0.25) is 5.91 Å². The van der Waals surface area contributed by atoms with E-state index in [4.69, 9.17) is 0 Å². The van der Waals surface area contributed by atoms with Gasteiger partial charge in [0.1, 0.15) is 5.82 Å². The summed E-state index contributed by atoms with van der Waals surface area (Å²) in [5, 5.41) is 9.13. The Morgan fingerprint density at radius 2 is 2.15 bits per heavy atom. The number of carbonyl (C=O) groups excluding carboxylic acids is 1. The van der Waals surface area contributed by atoms with Gasteiger partial charge in [0.25, 0.3) is 0 Å².